The van der Waals surface area contributed by atoms with Crippen molar-refractivity contribution in [2.75, 3.05) is 6.61 Å². The zero-order chi connectivity index (χ0) is 30.9. The first-order chi connectivity index (χ1) is 21.5. The highest BCUT2D eigenvalue weighted by molar-refractivity contribution is 5.73. The van der Waals surface area contributed by atoms with Crippen LogP contribution in [0.4, 0.5) is 8.78 Å². The summed E-state index contributed by atoms with van der Waals surface area (Å²) < 4.78 is 35.9. The lowest BCUT2D eigenvalue weighted by atomic mass is 9.68. The van der Waals surface area contributed by atoms with Gasteiger partial charge in [0.05, 0.1) is 6.61 Å². The van der Waals surface area contributed by atoms with Gasteiger partial charge in [0.15, 0.2) is 11.6 Å². The van der Waals surface area contributed by atoms with Crippen LogP contribution in [0.5, 0.6) is 5.75 Å². The van der Waals surface area contributed by atoms with Gasteiger partial charge >= 0.3 is 0 Å². The molecule has 238 valence electrons. The molecule has 5 rings (SSSR count). The summed E-state index contributed by atoms with van der Waals surface area (Å²) in [4.78, 5) is 0. The van der Waals surface area contributed by atoms with Crippen LogP contribution in [0, 0.1) is 36.3 Å². The summed E-state index contributed by atoms with van der Waals surface area (Å²) in [5.74, 6) is 3.08. The molecule has 44 heavy (non-hydrogen) atoms. The summed E-state index contributed by atoms with van der Waals surface area (Å²) >= 11 is 0. The van der Waals surface area contributed by atoms with Crippen molar-refractivity contribution in [3.63, 3.8) is 0 Å². The first kappa shape index (κ1) is 32.7. The average Bonchev–Trinajstić information content (AvgIpc) is 3.06. The van der Waals surface area contributed by atoms with Crippen molar-refractivity contribution >= 4 is 0 Å². The van der Waals surface area contributed by atoms with Gasteiger partial charge in [0, 0.05) is 5.56 Å². The molecule has 3 aromatic rings. The summed E-state index contributed by atoms with van der Waals surface area (Å²) in [5.41, 5.74) is 4.94. The number of rotatable bonds is 13. The Kier molecular flexibility index (Phi) is 11.9. The average molecular weight is 601 g/mol. The van der Waals surface area contributed by atoms with Crippen LogP contribution in [0.25, 0.3) is 22.3 Å². The minimum atomic E-state index is -0.313. The molecule has 0 heterocycles. The Morgan fingerprint density at radius 2 is 1.27 bits per heavy atom. The van der Waals surface area contributed by atoms with Crippen LogP contribution in [-0.2, 0) is 0 Å². The van der Waals surface area contributed by atoms with Crippen LogP contribution in [0.2, 0.25) is 0 Å². The second-order valence-electron chi connectivity index (χ2n) is 13.8. The topological polar surface area (TPSA) is 9.23 Å². The van der Waals surface area contributed by atoms with E-state index in [4.69, 9.17) is 4.74 Å². The van der Waals surface area contributed by atoms with Gasteiger partial charge in [-0.25, -0.2) is 8.78 Å². The van der Waals surface area contributed by atoms with E-state index < -0.39 is 0 Å². The van der Waals surface area contributed by atoms with Gasteiger partial charge in [0.25, 0.3) is 0 Å². The van der Waals surface area contributed by atoms with Crippen molar-refractivity contribution in [2.24, 2.45) is 17.8 Å². The van der Waals surface area contributed by atoms with E-state index in [1.807, 2.05) is 43.3 Å². The molecule has 0 amide bonds. The molecule has 0 N–H and O–H groups in total. The minimum Gasteiger partial charge on any atom is -0.491 e. The van der Waals surface area contributed by atoms with Gasteiger partial charge in [-0.05, 0) is 115 Å². The maximum atomic E-state index is 15.5. The summed E-state index contributed by atoms with van der Waals surface area (Å²) in [6.45, 7) is 6.58. The van der Waals surface area contributed by atoms with Gasteiger partial charge in [0.2, 0.25) is 0 Å². The second kappa shape index (κ2) is 16.1. The Morgan fingerprint density at radius 3 is 1.91 bits per heavy atom. The van der Waals surface area contributed by atoms with Crippen LogP contribution in [-0.4, -0.2) is 6.61 Å². The standard InChI is InChI=1S/C41H54F2O/c1-4-6-7-8-9-10-30-11-13-31(14-12-30)32-15-17-33(18-16-32)36-23-24-38(39(42)28-36)35-21-19-34(20-22-35)37-25-26-40(44-27-5-2)41(43)29(37)3/h19-26,28,30-33H,4-18,27H2,1-3H3. The second-order valence-corrected chi connectivity index (χ2v) is 13.8. The van der Waals surface area contributed by atoms with Gasteiger partial charge in [-0.15, -0.1) is 0 Å². The molecule has 0 saturated heterocycles. The van der Waals surface area contributed by atoms with Crippen LogP contribution < -0.4 is 4.74 Å². The third-order valence-electron chi connectivity index (χ3n) is 10.8. The Labute approximate surface area is 265 Å². The van der Waals surface area contributed by atoms with E-state index >= 15 is 4.39 Å². The van der Waals surface area contributed by atoms with Crippen LogP contribution in [0.1, 0.15) is 127 Å². The predicted molar refractivity (Wildman–Crippen MR) is 181 cm³/mol. The van der Waals surface area contributed by atoms with Crippen molar-refractivity contribution < 1.29 is 13.5 Å². The third-order valence-corrected chi connectivity index (χ3v) is 10.8. The van der Waals surface area contributed by atoms with Crippen molar-refractivity contribution in [2.45, 2.75) is 123 Å². The Bertz CT molecular complexity index is 1310. The fourth-order valence-electron chi connectivity index (χ4n) is 8.05. The zero-order valence-electron chi connectivity index (χ0n) is 27.5. The quantitative estimate of drug-likeness (QED) is 0.177. The molecule has 2 aliphatic carbocycles. The minimum absolute atomic E-state index is 0.148. The highest BCUT2D eigenvalue weighted by Gasteiger charge is 2.31. The van der Waals surface area contributed by atoms with E-state index in [-0.39, 0.29) is 11.6 Å². The van der Waals surface area contributed by atoms with Crippen LogP contribution in [0.15, 0.2) is 54.6 Å². The SMILES string of the molecule is CCCCCCCC1CCC(C2CCC(c3ccc(-c4ccc(-c5ccc(OCCC)c(F)c5C)cc4)c(F)c3)CC2)CC1. The number of benzene rings is 3. The monoisotopic (exact) mass is 600 g/mol. The highest BCUT2D eigenvalue weighted by atomic mass is 19.1. The lowest BCUT2D eigenvalue weighted by molar-refractivity contribution is 0.155. The molecule has 2 aliphatic rings. The van der Waals surface area contributed by atoms with Crippen molar-refractivity contribution in [3.8, 4) is 28.0 Å². The molecule has 0 aromatic heterocycles. The lowest BCUT2D eigenvalue weighted by Crippen LogP contribution is -2.25. The molecule has 0 radical (unpaired) electrons. The van der Waals surface area contributed by atoms with Gasteiger partial charge < -0.3 is 4.74 Å². The number of hydrogen-bond acceptors (Lipinski definition) is 1. The summed E-state index contributed by atoms with van der Waals surface area (Å²) in [6, 6.07) is 17.3. The molecular formula is C41H54F2O. The summed E-state index contributed by atoms with van der Waals surface area (Å²) in [6.07, 6.45) is 20.0. The smallest absolute Gasteiger partial charge is 0.168 e. The number of unbranched alkanes of at least 4 members (excludes halogenated alkanes) is 4. The van der Waals surface area contributed by atoms with E-state index in [1.165, 1.54) is 89.9 Å². The Morgan fingerprint density at radius 1 is 0.659 bits per heavy atom. The normalized spacial score (nSPS) is 22.2. The number of ether oxygens (including phenoxy) is 1. The molecule has 1 nitrogen and oxygen atoms in total. The Hall–Kier alpha value is -2.68. The van der Waals surface area contributed by atoms with Crippen LogP contribution in [0.3, 0.4) is 0 Å². The largest absolute Gasteiger partial charge is 0.491 e. The first-order valence-electron chi connectivity index (χ1n) is 17.8. The first-order valence-corrected chi connectivity index (χ1v) is 17.8. The molecule has 3 heteroatoms. The highest BCUT2D eigenvalue weighted by Crippen LogP contribution is 2.45. The number of halogens is 2. The van der Waals surface area contributed by atoms with Gasteiger partial charge in [-0.1, -0.05) is 108 Å². The molecule has 0 bridgehead atoms. The van der Waals surface area contributed by atoms with Crippen molar-refractivity contribution in [1.29, 1.82) is 0 Å². The van der Waals surface area contributed by atoms with E-state index in [9.17, 15) is 4.39 Å². The van der Waals surface area contributed by atoms with E-state index in [0.717, 1.165) is 46.4 Å². The van der Waals surface area contributed by atoms with E-state index in [0.29, 0.717) is 29.4 Å². The maximum absolute atomic E-state index is 15.5. The van der Waals surface area contributed by atoms with Crippen molar-refractivity contribution in [1.82, 2.24) is 0 Å². The molecule has 3 aromatic carbocycles. The predicted octanol–water partition coefficient (Wildman–Crippen LogP) is 12.8. The molecule has 2 saturated carbocycles. The van der Waals surface area contributed by atoms with Gasteiger partial charge in [0.1, 0.15) is 5.82 Å². The molecule has 0 unspecified atom stereocenters. The summed E-state index contributed by atoms with van der Waals surface area (Å²) in [5, 5.41) is 0. The number of hydrogen-bond donors (Lipinski definition) is 0. The zero-order valence-corrected chi connectivity index (χ0v) is 27.5. The fraction of sp³-hybridized carbons (Fsp3) is 0.561. The van der Waals surface area contributed by atoms with Gasteiger partial charge in [-0.2, -0.15) is 0 Å². The summed E-state index contributed by atoms with van der Waals surface area (Å²) in [7, 11) is 0. The van der Waals surface area contributed by atoms with Gasteiger partial charge in [-0.3, -0.25) is 0 Å². The molecular weight excluding hydrogens is 546 g/mol. The molecule has 2 fully saturated rings. The fourth-order valence-corrected chi connectivity index (χ4v) is 8.05. The molecule has 0 atom stereocenters. The van der Waals surface area contributed by atoms with Crippen molar-refractivity contribution in [3.05, 3.63) is 77.4 Å². The van der Waals surface area contributed by atoms with E-state index in [1.54, 1.807) is 19.1 Å². The molecule has 0 spiro atoms. The lowest BCUT2D eigenvalue weighted by Gasteiger charge is -2.38. The van der Waals surface area contributed by atoms with E-state index in [2.05, 4.69) is 13.0 Å². The third kappa shape index (κ3) is 8.12. The van der Waals surface area contributed by atoms with Crippen LogP contribution >= 0.6 is 0 Å². The molecule has 0 aliphatic heterocycles. The maximum Gasteiger partial charge on any atom is 0.168 e. The Balaban J connectivity index is 1.13.